The highest BCUT2D eigenvalue weighted by Gasteiger charge is 2.35. The second-order valence-corrected chi connectivity index (χ2v) is 9.17. The Labute approximate surface area is 189 Å². The molecule has 1 aliphatic heterocycles. The Morgan fingerprint density at radius 1 is 0.839 bits per heavy atom. The fourth-order valence-electron chi connectivity index (χ4n) is 4.17. The molecule has 0 radical (unpaired) electrons. The largest absolute Gasteiger partial charge is 0.394 e. The van der Waals surface area contributed by atoms with E-state index in [1.54, 1.807) is 12.2 Å². The molecule has 0 aliphatic carbocycles. The van der Waals surface area contributed by atoms with E-state index in [0.717, 1.165) is 12.8 Å². The molecule has 6 atom stereocenters. The van der Waals surface area contributed by atoms with Crippen molar-refractivity contribution in [3.63, 3.8) is 0 Å². The molecule has 0 bridgehead atoms. The molecule has 6 unspecified atom stereocenters. The molecular formula is C25H48O6. The van der Waals surface area contributed by atoms with Gasteiger partial charge in [-0.05, 0) is 12.8 Å². The predicted molar refractivity (Wildman–Crippen MR) is 124 cm³/mol. The van der Waals surface area contributed by atoms with Crippen LogP contribution in [0.15, 0.2) is 12.2 Å². The molecule has 5 N–H and O–H groups in total. The number of unbranched alkanes of at least 4 members (excludes halogenated alkanes) is 11. The predicted octanol–water partition coefficient (Wildman–Crippen LogP) is 3.62. The van der Waals surface area contributed by atoms with E-state index in [2.05, 4.69) is 6.92 Å². The summed E-state index contributed by atoms with van der Waals surface area (Å²) in [7, 11) is 0. The minimum Gasteiger partial charge on any atom is -0.394 e. The Balaban J connectivity index is 2.03. The number of ether oxygens (including phenoxy) is 1. The van der Waals surface area contributed by atoms with Gasteiger partial charge in [-0.25, -0.2) is 0 Å². The Kier molecular flexibility index (Phi) is 16.6. The molecule has 0 aromatic rings. The van der Waals surface area contributed by atoms with Gasteiger partial charge in [0.2, 0.25) is 0 Å². The maximum atomic E-state index is 10.2. The third kappa shape index (κ3) is 13.0. The fraction of sp³-hybridized carbons (Fsp3) is 0.920. The zero-order valence-corrected chi connectivity index (χ0v) is 19.6. The van der Waals surface area contributed by atoms with E-state index in [4.69, 9.17) is 4.74 Å². The third-order valence-electron chi connectivity index (χ3n) is 6.30. The summed E-state index contributed by atoms with van der Waals surface area (Å²) in [6.07, 6.45) is 15.1. The van der Waals surface area contributed by atoms with Crippen molar-refractivity contribution in [2.45, 2.75) is 140 Å². The highest BCUT2D eigenvalue weighted by molar-refractivity contribution is 4.97. The van der Waals surface area contributed by atoms with Gasteiger partial charge < -0.3 is 30.3 Å². The zero-order valence-electron chi connectivity index (χ0n) is 19.6. The van der Waals surface area contributed by atoms with Gasteiger partial charge in [-0.15, -0.1) is 0 Å². The quantitative estimate of drug-likeness (QED) is 0.163. The van der Waals surface area contributed by atoms with Gasteiger partial charge in [0.05, 0.1) is 31.0 Å². The first kappa shape index (κ1) is 28.5. The topological polar surface area (TPSA) is 110 Å². The van der Waals surface area contributed by atoms with Crippen molar-refractivity contribution in [2.24, 2.45) is 0 Å². The van der Waals surface area contributed by atoms with Gasteiger partial charge in [0, 0.05) is 6.42 Å². The summed E-state index contributed by atoms with van der Waals surface area (Å²) in [6, 6.07) is 0. The monoisotopic (exact) mass is 444 g/mol. The maximum absolute atomic E-state index is 10.2. The SMILES string of the molecule is CCCCCCCCCCCCCCC(O)C(O)C/C=C/C1CC(O)C(O)C(CO)O1. The highest BCUT2D eigenvalue weighted by atomic mass is 16.5. The summed E-state index contributed by atoms with van der Waals surface area (Å²) >= 11 is 0. The van der Waals surface area contributed by atoms with Crippen LogP contribution in [0.2, 0.25) is 0 Å². The van der Waals surface area contributed by atoms with Crippen molar-refractivity contribution in [1.29, 1.82) is 0 Å². The molecule has 31 heavy (non-hydrogen) atoms. The van der Waals surface area contributed by atoms with E-state index in [0.29, 0.717) is 12.8 Å². The molecule has 1 aliphatic rings. The van der Waals surface area contributed by atoms with Crippen LogP contribution in [0.3, 0.4) is 0 Å². The lowest BCUT2D eigenvalue weighted by molar-refractivity contribution is -0.167. The zero-order chi connectivity index (χ0) is 22.9. The first-order chi connectivity index (χ1) is 15.0. The summed E-state index contributed by atoms with van der Waals surface area (Å²) in [5.74, 6) is 0. The van der Waals surface area contributed by atoms with E-state index in [-0.39, 0.29) is 13.0 Å². The fourth-order valence-corrected chi connectivity index (χ4v) is 4.17. The normalized spacial score (nSPS) is 26.4. The van der Waals surface area contributed by atoms with Gasteiger partial charge in [0.1, 0.15) is 12.2 Å². The number of aliphatic hydroxyl groups is 5. The lowest BCUT2D eigenvalue weighted by atomic mass is 9.97. The average molecular weight is 445 g/mol. The molecule has 0 spiro atoms. The van der Waals surface area contributed by atoms with Crippen molar-refractivity contribution >= 4 is 0 Å². The molecule has 0 aromatic heterocycles. The molecule has 0 amide bonds. The lowest BCUT2D eigenvalue weighted by Crippen LogP contribution is -2.49. The van der Waals surface area contributed by atoms with Gasteiger partial charge in [-0.2, -0.15) is 0 Å². The molecule has 1 fully saturated rings. The second-order valence-electron chi connectivity index (χ2n) is 9.17. The van der Waals surface area contributed by atoms with Gasteiger partial charge in [0.25, 0.3) is 0 Å². The molecule has 184 valence electrons. The van der Waals surface area contributed by atoms with Crippen LogP contribution in [-0.4, -0.2) is 68.8 Å². The van der Waals surface area contributed by atoms with Gasteiger partial charge in [-0.1, -0.05) is 96.1 Å². The number of aliphatic hydroxyl groups excluding tert-OH is 5. The second kappa shape index (κ2) is 18.0. The minimum atomic E-state index is -1.09. The standard InChI is InChI=1S/C25H48O6/c1-2-3-4-5-6-7-8-9-10-11-12-13-16-21(27)22(28)17-14-15-20-18-23(29)25(30)24(19-26)31-20/h14-15,20-30H,2-13,16-19H2,1H3/b15-14+. The molecule has 6 nitrogen and oxygen atoms in total. The molecule has 6 heteroatoms. The number of hydrogen-bond donors (Lipinski definition) is 5. The van der Waals surface area contributed by atoms with Crippen molar-refractivity contribution in [1.82, 2.24) is 0 Å². The van der Waals surface area contributed by atoms with Gasteiger partial charge in [0.15, 0.2) is 0 Å². The Bertz CT molecular complexity index is 444. The van der Waals surface area contributed by atoms with Crippen molar-refractivity contribution in [3.8, 4) is 0 Å². The minimum absolute atomic E-state index is 0.242. The summed E-state index contributed by atoms with van der Waals surface area (Å²) in [6.45, 7) is 1.89. The van der Waals surface area contributed by atoms with Crippen molar-refractivity contribution in [2.75, 3.05) is 6.61 Å². The number of hydrogen-bond acceptors (Lipinski definition) is 6. The molecule has 1 saturated heterocycles. The average Bonchev–Trinajstić information content (AvgIpc) is 2.76. The molecule has 1 heterocycles. The van der Waals surface area contributed by atoms with E-state index >= 15 is 0 Å². The lowest BCUT2D eigenvalue weighted by Gasteiger charge is -2.35. The first-order valence-corrected chi connectivity index (χ1v) is 12.6. The van der Waals surface area contributed by atoms with Crippen LogP contribution in [0.5, 0.6) is 0 Å². The smallest absolute Gasteiger partial charge is 0.110 e. The van der Waals surface area contributed by atoms with Crippen LogP contribution in [0.4, 0.5) is 0 Å². The molecular weight excluding hydrogens is 396 g/mol. The highest BCUT2D eigenvalue weighted by Crippen LogP contribution is 2.21. The third-order valence-corrected chi connectivity index (χ3v) is 6.30. The summed E-state index contributed by atoms with van der Waals surface area (Å²) in [5, 5.41) is 49.0. The van der Waals surface area contributed by atoms with Crippen LogP contribution < -0.4 is 0 Å². The van der Waals surface area contributed by atoms with E-state index < -0.39 is 36.6 Å². The van der Waals surface area contributed by atoms with Crippen LogP contribution in [-0.2, 0) is 4.74 Å². The van der Waals surface area contributed by atoms with E-state index in [1.807, 2.05) is 0 Å². The van der Waals surface area contributed by atoms with Crippen LogP contribution in [0.1, 0.15) is 103 Å². The molecule has 0 saturated carbocycles. The van der Waals surface area contributed by atoms with Crippen molar-refractivity contribution < 1.29 is 30.3 Å². The maximum Gasteiger partial charge on any atom is 0.110 e. The summed E-state index contributed by atoms with van der Waals surface area (Å²) in [4.78, 5) is 0. The molecule has 1 rings (SSSR count). The van der Waals surface area contributed by atoms with E-state index in [9.17, 15) is 25.5 Å². The van der Waals surface area contributed by atoms with E-state index in [1.165, 1.54) is 64.2 Å². The Morgan fingerprint density at radius 2 is 1.39 bits per heavy atom. The molecule has 0 aromatic carbocycles. The summed E-state index contributed by atoms with van der Waals surface area (Å²) < 4.78 is 5.52. The summed E-state index contributed by atoms with van der Waals surface area (Å²) in [5.41, 5.74) is 0. The Hall–Kier alpha value is -0.500. The van der Waals surface area contributed by atoms with Crippen LogP contribution in [0.25, 0.3) is 0 Å². The van der Waals surface area contributed by atoms with Gasteiger partial charge >= 0.3 is 0 Å². The van der Waals surface area contributed by atoms with Crippen LogP contribution >= 0.6 is 0 Å². The Morgan fingerprint density at radius 3 is 1.94 bits per heavy atom. The van der Waals surface area contributed by atoms with Crippen molar-refractivity contribution in [3.05, 3.63) is 12.2 Å². The number of rotatable bonds is 18. The van der Waals surface area contributed by atoms with Gasteiger partial charge in [-0.3, -0.25) is 0 Å². The first-order valence-electron chi connectivity index (χ1n) is 12.6. The van der Waals surface area contributed by atoms with Crippen LogP contribution in [0, 0.1) is 0 Å².